The average Bonchev–Trinajstić information content (AvgIpc) is 3.01. The fourth-order valence-electron chi connectivity index (χ4n) is 6.27. The fourth-order valence-corrected chi connectivity index (χ4v) is 6.27. The minimum Gasteiger partial charge on any atom is -0.489 e. The van der Waals surface area contributed by atoms with Crippen LogP contribution in [0.1, 0.15) is 76.3 Å². The lowest BCUT2D eigenvalue weighted by Gasteiger charge is -2.38. The SMILES string of the molecule is CC(=O)C1CC2CCC(C1)N2Cc1ccc2c(C#N)c(O[C@H]3CC[C@@H](C)CC3)ccc2c1. The Labute approximate surface area is 191 Å². The van der Waals surface area contributed by atoms with Gasteiger partial charge in [-0.2, -0.15) is 5.26 Å². The van der Waals surface area contributed by atoms with Gasteiger partial charge in [0.05, 0.1) is 6.10 Å². The molecule has 2 bridgehead atoms. The molecule has 4 heteroatoms. The van der Waals surface area contributed by atoms with Gasteiger partial charge in [0, 0.05) is 29.9 Å². The van der Waals surface area contributed by atoms with Crippen molar-refractivity contribution in [1.29, 1.82) is 5.26 Å². The number of ether oxygens (including phenoxy) is 1. The van der Waals surface area contributed by atoms with Gasteiger partial charge in [0.25, 0.3) is 0 Å². The van der Waals surface area contributed by atoms with E-state index in [0.29, 0.717) is 23.4 Å². The number of nitriles is 1. The highest BCUT2D eigenvalue weighted by Crippen LogP contribution is 2.40. The van der Waals surface area contributed by atoms with Gasteiger partial charge < -0.3 is 4.74 Å². The van der Waals surface area contributed by atoms with Gasteiger partial charge >= 0.3 is 0 Å². The Morgan fingerprint density at radius 2 is 1.78 bits per heavy atom. The van der Waals surface area contributed by atoms with Crippen molar-refractivity contribution in [2.24, 2.45) is 11.8 Å². The van der Waals surface area contributed by atoms with Gasteiger partial charge in [0.1, 0.15) is 23.2 Å². The predicted molar refractivity (Wildman–Crippen MR) is 126 cm³/mol. The molecule has 3 fully saturated rings. The first-order valence-electron chi connectivity index (χ1n) is 12.4. The van der Waals surface area contributed by atoms with Crippen LogP contribution in [0.3, 0.4) is 0 Å². The van der Waals surface area contributed by atoms with E-state index in [4.69, 9.17) is 4.74 Å². The largest absolute Gasteiger partial charge is 0.489 e. The first-order chi connectivity index (χ1) is 15.5. The molecule has 2 aromatic rings. The molecule has 2 heterocycles. The van der Waals surface area contributed by atoms with E-state index in [2.05, 4.69) is 42.2 Å². The summed E-state index contributed by atoms with van der Waals surface area (Å²) in [5.74, 6) is 2.13. The van der Waals surface area contributed by atoms with Gasteiger partial charge in [-0.25, -0.2) is 0 Å². The topological polar surface area (TPSA) is 53.3 Å². The number of rotatable bonds is 5. The number of hydrogen-bond donors (Lipinski definition) is 0. The Bertz CT molecular complexity index is 1030. The highest BCUT2D eigenvalue weighted by molar-refractivity contribution is 5.90. The second kappa shape index (κ2) is 8.87. The summed E-state index contributed by atoms with van der Waals surface area (Å²) in [7, 11) is 0. The van der Waals surface area contributed by atoms with Crippen LogP contribution in [-0.2, 0) is 11.3 Å². The minimum atomic E-state index is 0.225. The van der Waals surface area contributed by atoms with Crippen LogP contribution >= 0.6 is 0 Å². The zero-order chi connectivity index (χ0) is 22.2. The fraction of sp³-hybridized carbons (Fsp3) is 0.571. The van der Waals surface area contributed by atoms with Crippen molar-refractivity contribution < 1.29 is 9.53 Å². The Morgan fingerprint density at radius 3 is 2.44 bits per heavy atom. The molecule has 5 rings (SSSR count). The van der Waals surface area contributed by atoms with Crippen molar-refractivity contribution in [3.05, 3.63) is 41.5 Å². The maximum Gasteiger partial charge on any atom is 0.138 e. The van der Waals surface area contributed by atoms with Gasteiger partial charge in [-0.15, -0.1) is 0 Å². The van der Waals surface area contributed by atoms with Gasteiger partial charge in [0.15, 0.2) is 0 Å². The van der Waals surface area contributed by atoms with Crippen molar-refractivity contribution in [1.82, 2.24) is 4.90 Å². The molecule has 0 radical (unpaired) electrons. The van der Waals surface area contributed by atoms with Crippen LogP contribution in [0.2, 0.25) is 0 Å². The Balaban J connectivity index is 1.34. The summed E-state index contributed by atoms with van der Waals surface area (Å²) < 4.78 is 6.29. The molecule has 2 atom stereocenters. The summed E-state index contributed by atoms with van der Waals surface area (Å²) in [5.41, 5.74) is 1.95. The van der Waals surface area contributed by atoms with E-state index >= 15 is 0 Å². The predicted octanol–water partition coefficient (Wildman–Crippen LogP) is 6.00. The van der Waals surface area contributed by atoms with Crippen LogP contribution in [0, 0.1) is 23.2 Å². The molecular weight excluding hydrogens is 396 g/mol. The molecule has 32 heavy (non-hydrogen) atoms. The lowest BCUT2D eigenvalue weighted by atomic mass is 9.87. The summed E-state index contributed by atoms with van der Waals surface area (Å²) in [6, 6.07) is 14.1. The molecule has 4 nitrogen and oxygen atoms in total. The number of carbonyl (C=O) groups is 1. The maximum absolute atomic E-state index is 11.9. The molecular formula is C28H34N2O2. The summed E-state index contributed by atoms with van der Waals surface area (Å²) >= 11 is 0. The standard InChI is InChI=1S/C28H34N2O2/c1-18-3-9-25(10-4-18)32-28-12-6-21-13-20(5-11-26(21)27(28)16-29)17-30-23-7-8-24(30)15-22(14-23)19(2)31/h5-6,11-13,18,22-25H,3-4,7-10,14-15,17H2,1-2H3/t18-,22?,23?,24?,25+. The van der Waals surface area contributed by atoms with Crippen molar-refractivity contribution in [3.63, 3.8) is 0 Å². The zero-order valence-corrected chi connectivity index (χ0v) is 19.3. The van der Waals surface area contributed by atoms with Gasteiger partial charge in [-0.1, -0.05) is 25.1 Å². The Morgan fingerprint density at radius 1 is 1.06 bits per heavy atom. The van der Waals surface area contributed by atoms with E-state index in [-0.39, 0.29) is 12.0 Å². The molecule has 1 saturated carbocycles. The van der Waals surface area contributed by atoms with E-state index in [0.717, 1.165) is 54.7 Å². The molecule has 0 aromatic heterocycles. The van der Waals surface area contributed by atoms with Crippen LogP contribution in [0.15, 0.2) is 30.3 Å². The van der Waals surface area contributed by atoms with E-state index in [1.54, 1.807) is 6.92 Å². The van der Waals surface area contributed by atoms with Crippen LogP contribution in [0.25, 0.3) is 10.8 Å². The maximum atomic E-state index is 11.9. The van der Waals surface area contributed by atoms with Gasteiger partial charge in [-0.05, 0) is 87.3 Å². The minimum absolute atomic E-state index is 0.225. The number of nitrogens with zero attached hydrogens (tertiary/aromatic N) is 2. The molecule has 2 unspecified atom stereocenters. The Kier molecular flexibility index (Phi) is 5.95. The molecule has 2 saturated heterocycles. The Hall–Kier alpha value is -2.38. The molecule has 168 valence electrons. The monoisotopic (exact) mass is 430 g/mol. The number of carbonyl (C=O) groups excluding carboxylic acids is 1. The quantitative estimate of drug-likeness (QED) is 0.584. The lowest BCUT2D eigenvalue weighted by Crippen LogP contribution is -2.43. The second-order valence-corrected chi connectivity index (χ2v) is 10.4. The van der Waals surface area contributed by atoms with Crippen molar-refractivity contribution in [2.75, 3.05) is 0 Å². The van der Waals surface area contributed by atoms with Crippen molar-refractivity contribution in [2.45, 2.75) is 89.9 Å². The van der Waals surface area contributed by atoms with Crippen LogP contribution < -0.4 is 4.74 Å². The van der Waals surface area contributed by atoms with E-state index in [1.807, 2.05) is 6.07 Å². The summed E-state index contributed by atoms with van der Waals surface area (Å²) in [5, 5.41) is 12.0. The number of ketones is 1. The number of piperidine rings is 1. The lowest BCUT2D eigenvalue weighted by molar-refractivity contribution is -0.123. The summed E-state index contributed by atoms with van der Waals surface area (Å²) in [6.07, 6.45) is 9.23. The molecule has 2 aromatic carbocycles. The summed E-state index contributed by atoms with van der Waals surface area (Å²) in [4.78, 5) is 14.5. The van der Waals surface area contributed by atoms with Crippen LogP contribution in [0.4, 0.5) is 0 Å². The molecule has 0 N–H and O–H groups in total. The van der Waals surface area contributed by atoms with Gasteiger partial charge in [0.2, 0.25) is 0 Å². The second-order valence-electron chi connectivity index (χ2n) is 10.4. The number of benzene rings is 2. The normalized spacial score (nSPS) is 30.2. The van der Waals surface area contributed by atoms with E-state index in [1.165, 1.54) is 31.2 Å². The van der Waals surface area contributed by atoms with Crippen molar-refractivity contribution >= 4 is 16.6 Å². The number of hydrogen-bond acceptors (Lipinski definition) is 4. The first-order valence-corrected chi connectivity index (χ1v) is 12.4. The molecule has 1 aliphatic carbocycles. The highest BCUT2D eigenvalue weighted by atomic mass is 16.5. The molecule has 0 spiro atoms. The third-order valence-corrected chi connectivity index (χ3v) is 8.24. The van der Waals surface area contributed by atoms with E-state index < -0.39 is 0 Å². The zero-order valence-electron chi connectivity index (χ0n) is 19.3. The molecule has 2 aliphatic heterocycles. The third kappa shape index (κ3) is 4.16. The van der Waals surface area contributed by atoms with E-state index in [9.17, 15) is 10.1 Å². The van der Waals surface area contributed by atoms with Crippen molar-refractivity contribution in [3.8, 4) is 11.8 Å². The van der Waals surface area contributed by atoms with Gasteiger partial charge in [-0.3, -0.25) is 9.69 Å². The molecule has 0 amide bonds. The van der Waals surface area contributed by atoms with Crippen LogP contribution in [0.5, 0.6) is 5.75 Å². The molecule has 3 aliphatic rings. The average molecular weight is 431 g/mol. The smallest absolute Gasteiger partial charge is 0.138 e. The number of fused-ring (bicyclic) bond motifs is 3. The summed E-state index contributed by atoms with van der Waals surface area (Å²) in [6.45, 7) is 4.99. The highest BCUT2D eigenvalue weighted by Gasteiger charge is 2.41. The first kappa shape index (κ1) is 21.5. The van der Waals surface area contributed by atoms with Crippen LogP contribution in [-0.4, -0.2) is 28.9 Å². The third-order valence-electron chi connectivity index (χ3n) is 8.24. The number of Topliss-reactive ketones (excluding diaryl/α,β-unsaturated/α-hetero) is 1.